The molecule has 0 aliphatic rings. The number of hydrogen-bond acceptors (Lipinski definition) is 2. The van der Waals surface area contributed by atoms with Gasteiger partial charge < -0.3 is 11.9 Å². The summed E-state index contributed by atoms with van der Waals surface area (Å²) in [6.07, 6.45) is 2.26. The first-order chi connectivity index (χ1) is 5.66. The zero-order chi connectivity index (χ0) is 9.14. The van der Waals surface area contributed by atoms with Crippen molar-refractivity contribution in [3.63, 3.8) is 0 Å². The molecular formula is C11H20N2. The maximum atomic E-state index is 5.88. The largest absolute Gasteiger partial charge is 0.398 e. The van der Waals surface area contributed by atoms with Crippen molar-refractivity contribution in [1.29, 1.82) is 0 Å². The van der Waals surface area contributed by atoms with Crippen LogP contribution >= 0.6 is 0 Å². The molecule has 0 unspecified atom stereocenters. The van der Waals surface area contributed by atoms with Crippen LogP contribution < -0.4 is 11.9 Å². The highest BCUT2D eigenvalue weighted by Crippen LogP contribution is 2.21. The van der Waals surface area contributed by atoms with Crippen LogP contribution in [0.2, 0.25) is 0 Å². The Hall–Kier alpha value is -1.02. The van der Waals surface area contributed by atoms with Crippen LogP contribution in [0, 0.1) is 13.8 Å². The number of anilines is 1. The van der Waals surface area contributed by atoms with E-state index in [2.05, 4.69) is 26.8 Å². The lowest BCUT2D eigenvalue weighted by atomic mass is 9.98. The molecular weight excluding hydrogens is 160 g/mol. The van der Waals surface area contributed by atoms with Crippen molar-refractivity contribution in [2.75, 3.05) is 5.73 Å². The number of hydrogen-bond donors (Lipinski definition) is 2. The summed E-state index contributed by atoms with van der Waals surface area (Å²) in [4.78, 5) is 0. The summed E-state index contributed by atoms with van der Waals surface area (Å²) in [5, 5.41) is 0. The molecule has 0 fully saturated rings. The Labute approximate surface area is 80.7 Å². The van der Waals surface area contributed by atoms with Gasteiger partial charge in [-0.25, -0.2) is 0 Å². The monoisotopic (exact) mass is 180 g/mol. The van der Waals surface area contributed by atoms with E-state index in [-0.39, 0.29) is 6.15 Å². The normalized spacial score (nSPS) is 9.46. The van der Waals surface area contributed by atoms with Gasteiger partial charge in [-0.1, -0.05) is 19.4 Å². The first-order valence-electron chi connectivity index (χ1n) is 4.51. The van der Waals surface area contributed by atoms with E-state index in [1.807, 2.05) is 6.07 Å². The third-order valence-corrected chi connectivity index (χ3v) is 2.41. The Kier molecular flexibility index (Phi) is 4.49. The van der Waals surface area contributed by atoms with Crippen molar-refractivity contribution in [2.45, 2.75) is 33.6 Å². The second-order valence-corrected chi connectivity index (χ2v) is 3.33. The van der Waals surface area contributed by atoms with Crippen molar-refractivity contribution in [2.24, 2.45) is 0 Å². The average molecular weight is 180 g/mol. The molecule has 0 radical (unpaired) electrons. The van der Waals surface area contributed by atoms with Crippen molar-refractivity contribution in [3.8, 4) is 0 Å². The summed E-state index contributed by atoms with van der Waals surface area (Å²) in [7, 11) is 0. The topological polar surface area (TPSA) is 61.0 Å². The number of aryl methyl sites for hydroxylation is 1. The molecule has 0 aromatic heterocycles. The van der Waals surface area contributed by atoms with E-state index >= 15 is 0 Å². The van der Waals surface area contributed by atoms with Gasteiger partial charge in [0.05, 0.1) is 0 Å². The Morgan fingerprint density at radius 1 is 1.23 bits per heavy atom. The molecule has 2 heteroatoms. The molecule has 2 nitrogen and oxygen atoms in total. The van der Waals surface area contributed by atoms with Crippen molar-refractivity contribution in [3.05, 3.63) is 28.8 Å². The van der Waals surface area contributed by atoms with Crippen LogP contribution in [0.4, 0.5) is 5.69 Å². The Bertz CT molecular complexity index is 280. The van der Waals surface area contributed by atoms with Crippen molar-refractivity contribution in [1.82, 2.24) is 6.15 Å². The molecule has 74 valence electrons. The van der Waals surface area contributed by atoms with Crippen LogP contribution in [0.15, 0.2) is 12.1 Å². The molecule has 0 bridgehead atoms. The number of nitrogen functional groups attached to an aromatic ring is 1. The Morgan fingerprint density at radius 2 is 1.85 bits per heavy atom. The summed E-state index contributed by atoms with van der Waals surface area (Å²) in [5.74, 6) is 0. The summed E-state index contributed by atoms with van der Waals surface area (Å²) < 4.78 is 0. The highest BCUT2D eigenvalue weighted by Gasteiger charge is 2.03. The SMILES string of the molecule is CCCc1c(N)ccc(C)c1C.N. The molecule has 0 atom stereocenters. The second kappa shape index (κ2) is 4.87. The maximum absolute atomic E-state index is 5.88. The first-order valence-corrected chi connectivity index (χ1v) is 4.51. The van der Waals surface area contributed by atoms with Gasteiger partial charge in [-0.15, -0.1) is 0 Å². The molecule has 0 heterocycles. The summed E-state index contributed by atoms with van der Waals surface area (Å²) in [6, 6.07) is 4.09. The van der Waals surface area contributed by atoms with Gasteiger partial charge in [-0.05, 0) is 43.0 Å². The van der Waals surface area contributed by atoms with E-state index in [1.165, 1.54) is 16.7 Å². The third-order valence-electron chi connectivity index (χ3n) is 2.41. The molecule has 0 saturated heterocycles. The van der Waals surface area contributed by atoms with Gasteiger partial charge >= 0.3 is 0 Å². The van der Waals surface area contributed by atoms with Crippen LogP contribution in [-0.4, -0.2) is 0 Å². The fourth-order valence-corrected chi connectivity index (χ4v) is 1.48. The van der Waals surface area contributed by atoms with E-state index in [0.717, 1.165) is 18.5 Å². The molecule has 0 saturated carbocycles. The van der Waals surface area contributed by atoms with E-state index in [9.17, 15) is 0 Å². The summed E-state index contributed by atoms with van der Waals surface area (Å²) >= 11 is 0. The number of nitrogens with two attached hydrogens (primary N) is 1. The molecule has 1 rings (SSSR count). The number of benzene rings is 1. The lowest BCUT2D eigenvalue weighted by molar-refractivity contribution is 0.912. The minimum Gasteiger partial charge on any atom is -0.398 e. The van der Waals surface area contributed by atoms with Crippen molar-refractivity contribution >= 4 is 5.69 Å². The van der Waals surface area contributed by atoms with Crippen molar-refractivity contribution < 1.29 is 0 Å². The fraction of sp³-hybridized carbons (Fsp3) is 0.455. The molecule has 1 aromatic carbocycles. The Morgan fingerprint density at radius 3 is 2.38 bits per heavy atom. The minimum atomic E-state index is 0. The van der Waals surface area contributed by atoms with Crippen LogP contribution in [0.1, 0.15) is 30.0 Å². The molecule has 0 aliphatic carbocycles. The highest BCUT2D eigenvalue weighted by atomic mass is 14.6. The summed E-state index contributed by atoms with van der Waals surface area (Å²) in [6.45, 7) is 6.46. The smallest absolute Gasteiger partial charge is 0.0349 e. The highest BCUT2D eigenvalue weighted by molar-refractivity contribution is 5.53. The van der Waals surface area contributed by atoms with Gasteiger partial charge in [0, 0.05) is 5.69 Å². The lowest BCUT2D eigenvalue weighted by Crippen LogP contribution is -1.98. The van der Waals surface area contributed by atoms with Gasteiger partial charge in [0.15, 0.2) is 0 Å². The van der Waals surface area contributed by atoms with Gasteiger partial charge in [0.2, 0.25) is 0 Å². The van der Waals surface area contributed by atoms with E-state index in [4.69, 9.17) is 5.73 Å². The van der Waals surface area contributed by atoms with E-state index in [1.54, 1.807) is 0 Å². The zero-order valence-corrected chi connectivity index (χ0v) is 8.85. The predicted octanol–water partition coefficient (Wildman–Crippen LogP) is 3.00. The fourth-order valence-electron chi connectivity index (χ4n) is 1.48. The molecule has 0 aliphatic heterocycles. The molecule has 5 N–H and O–H groups in total. The summed E-state index contributed by atoms with van der Waals surface area (Å²) in [5.41, 5.74) is 10.9. The molecule has 0 spiro atoms. The van der Waals surface area contributed by atoms with Gasteiger partial charge in [-0.2, -0.15) is 0 Å². The minimum absolute atomic E-state index is 0. The maximum Gasteiger partial charge on any atom is 0.0349 e. The van der Waals surface area contributed by atoms with E-state index < -0.39 is 0 Å². The first kappa shape index (κ1) is 12.0. The average Bonchev–Trinajstić information content (AvgIpc) is 2.06. The van der Waals surface area contributed by atoms with Crippen LogP contribution in [0.25, 0.3) is 0 Å². The quantitative estimate of drug-likeness (QED) is 0.687. The van der Waals surface area contributed by atoms with Gasteiger partial charge in [0.1, 0.15) is 0 Å². The van der Waals surface area contributed by atoms with Crippen LogP contribution in [-0.2, 0) is 6.42 Å². The molecule has 1 aromatic rings. The Balaban J connectivity index is 0.00000144. The standard InChI is InChI=1S/C11H17N.H3N/c1-4-5-10-9(3)8(2)6-7-11(10)12;/h6-7H,4-5,12H2,1-3H3;1H3. The molecule has 0 amide bonds. The van der Waals surface area contributed by atoms with Crippen LogP contribution in [0.5, 0.6) is 0 Å². The lowest BCUT2D eigenvalue weighted by Gasteiger charge is -2.10. The molecule has 13 heavy (non-hydrogen) atoms. The van der Waals surface area contributed by atoms with Crippen LogP contribution in [0.3, 0.4) is 0 Å². The van der Waals surface area contributed by atoms with Gasteiger partial charge in [0.25, 0.3) is 0 Å². The predicted molar refractivity (Wildman–Crippen MR) is 59.3 cm³/mol. The zero-order valence-electron chi connectivity index (χ0n) is 8.85. The third kappa shape index (κ3) is 2.46. The number of rotatable bonds is 2. The van der Waals surface area contributed by atoms with Gasteiger partial charge in [-0.3, -0.25) is 0 Å². The second-order valence-electron chi connectivity index (χ2n) is 3.33. The van der Waals surface area contributed by atoms with E-state index in [0.29, 0.717) is 0 Å².